The Morgan fingerprint density at radius 2 is 1.76 bits per heavy atom. The number of hydrogen-bond acceptors (Lipinski definition) is 6. The minimum absolute atomic E-state index is 0.0507. The SMILES string of the molecule is CN1CCc2cc([C@H](CNC(=O)C(=O)Nc3ccc4c(c3)OCCO4)N3CCCC3)ccc21. The molecule has 8 nitrogen and oxygen atoms in total. The van der Waals surface area contributed by atoms with Crippen molar-refractivity contribution in [2.24, 2.45) is 0 Å². The van der Waals surface area contributed by atoms with E-state index in [4.69, 9.17) is 9.47 Å². The van der Waals surface area contributed by atoms with Crippen molar-refractivity contribution in [1.29, 1.82) is 0 Å². The zero-order chi connectivity index (χ0) is 22.8. The van der Waals surface area contributed by atoms with Gasteiger partial charge in [-0.15, -0.1) is 0 Å². The Bertz CT molecular complexity index is 1050. The van der Waals surface area contributed by atoms with Gasteiger partial charge >= 0.3 is 11.8 Å². The van der Waals surface area contributed by atoms with Gasteiger partial charge in [0.1, 0.15) is 13.2 Å². The van der Waals surface area contributed by atoms with Crippen LogP contribution in [-0.4, -0.2) is 63.2 Å². The second-order valence-corrected chi connectivity index (χ2v) is 8.84. The Kier molecular flexibility index (Phi) is 6.09. The molecule has 174 valence electrons. The lowest BCUT2D eigenvalue weighted by Gasteiger charge is -2.28. The maximum Gasteiger partial charge on any atom is 0.313 e. The molecule has 2 aromatic carbocycles. The van der Waals surface area contributed by atoms with Crippen molar-refractivity contribution in [2.75, 3.05) is 56.7 Å². The van der Waals surface area contributed by atoms with E-state index in [1.54, 1.807) is 18.2 Å². The second-order valence-electron chi connectivity index (χ2n) is 8.84. The lowest BCUT2D eigenvalue weighted by Crippen LogP contribution is -2.41. The highest BCUT2D eigenvalue weighted by Gasteiger charge is 2.27. The van der Waals surface area contributed by atoms with Crippen molar-refractivity contribution in [1.82, 2.24) is 10.2 Å². The van der Waals surface area contributed by atoms with Crippen LogP contribution in [-0.2, 0) is 16.0 Å². The number of ether oxygens (including phenoxy) is 2. The summed E-state index contributed by atoms with van der Waals surface area (Å²) in [6.07, 6.45) is 3.35. The number of hydrogen-bond donors (Lipinski definition) is 2. The van der Waals surface area contributed by atoms with Crippen molar-refractivity contribution >= 4 is 23.2 Å². The molecule has 3 aliphatic heterocycles. The topological polar surface area (TPSA) is 83.1 Å². The van der Waals surface area contributed by atoms with Crippen LogP contribution >= 0.6 is 0 Å². The van der Waals surface area contributed by atoms with Gasteiger partial charge in [-0.2, -0.15) is 0 Å². The number of rotatable bonds is 5. The van der Waals surface area contributed by atoms with Gasteiger partial charge in [0, 0.05) is 37.6 Å². The fourth-order valence-electron chi connectivity index (χ4n) is 4.88. The molecule has 0 aliphatic carbocycles. The number of nitrogens with one attached hydrogen (secondary N) is 2. The van der Waals surface area contributed by atoms with Gasteiger partial charge in [-0.1, -0.05) is 12.1 Å². The molecule has 2 N–H and O–H groups in total. The van der Waals surface area contributed by atoms with Gasteiger partial charge in [0.15, 0.2) is 11.5 Å². The molecular formula is C25H30N4O4. The Labute approximate surface area is 193 Å². The van der Waals surface area contributed by atoms with Crippen LogP contribution in [0, 0.1) is 0 Å². The van der Waals surface area contributed by atoms with Crippen molar-refractivity contribution in [3.05, 3.63) is 47.5 Å². The molecule has 2 amide bonds. The van der Waals surface area contributed by atoms with Gasteiger partial charge in [0.05, 0.1) is 6.04 Å². The molecule has 0 radical (unpaired) electrons. The Morgan fingerprint density at radius 3 is 2.58 bits per heavy atom. The van der Waals surface area contributed by atoms with Crippen LogP contribution in [0.3, 0.4) is 0 Å². The lowest BCUT2D eigenvalue weighted by molar-refractivity contribution is -0.136. The molecule has 3 heterocycles. The number of anilines is 2. The number of nitrogens with zero attached hydrogens (tertiary/aromatic N) is 2. The third-order valence-electron chi connectivity index (χ3n) is 6.66. The molecule has 0 bridgehead atoms. The number of fused-ring (bicyclic) bond motifs is 2. The number of likely N-dealkylation sites (N-methyl/N-ethyl adjacent to an activating group) is 1. The van der Waals surface area contributed by atoms with E-state index >= 15 is 0 Å². The largest absolute Gasteiger partial charge is 0.486 e. The van der Waals surface area contributed by atoms with E-state index in [1.807, 2.05) is 0 Å². The average Bonchev–Trinajstić information content (AvgIpc) is 3.49. The second kappa shape index (κ2) is 9.31. The van der Waals surface area contributed by atoms with Gasteiger partial charge in [0.2, 0.25) is 0 Å². The van der Waals surface area contributed by atoms with Crippen LogP contribution in [0.4, 0.5) is 11.4 Å². The maximum atomic E-state index is 12.6. The fourth-order valence-corrected chi connectivity index (χ4v) is 4.88. The highest BCUT2D eigenvalue weighted by molar-refractivity contribution is 6.39. The molecule has 2 aromatic rings. The molecule has 0 saturated carbocycles. The Morgan fingerprint density at radius 1 is 0.970 bits per heavy atom. The molecule has 1 atom stereocenters. The summed E-state index contributed by atoms with van der Waals surface area (Å²) in [5.41, 5.74) is 4.32. The first-order valence-corrected chi connectivity index (χ1v) is 11.7. The van der Waals surface area contributed by atoms with Crippen molar-refractivity contribution in [2.45, 2.75) is 25.3 Å². The van der Waals surface area contributed by atoms with E-state index < -0.39 is 11.8 Å². The van der Waals surface area contributed by atoms with Gasteiger partial charge in [0.25, 0.3) is 0 Å². The quantitative estimate of drug-likeness (QED) is 0.681. The van der Waals surface area contributed by atoms with E-state index in [0.717, 1.165) is 38.9 Å². The van der Waals surface area contributed by atoms with Crippen LogP contribution in [0.25, 0.3) is 0 Å². The predicted octanol–water partition coefficient (Wildman–Crippen LogP) is 2.34. The van der Waals surface area contributed by atoms with Crippen molar-refractivity contribution < 1.29 is 19.1 Å². The zero-order valence-electron chi connectivity index (χ0n) is 18.9. The summed E-state index contributed by atoms with van der Waals surface area (Å²) in [4.78, 5) is 29.8. The van der Waals surface area contributed by atoms with Crippen LogP contribution in [0.1, 0.15) is 30.0 Å². The van der Waals surface area contributed by atoms with Crippen molar-refractivity contribution in [3.63, 3.8) is 0 Å². The molecular weight excluding hydrogens is 420 g/mol. The summed E-state index contributed by atoms with van der Waals surface area (Å²) in [6, 6.07) is 11.8. The van der Waals surface area contributed by atoms with Crippen LogP contribution in [0.2, 0.25) is 0 Å². The fraction of sp³-hybridized carbons (Fsp3) is 0.440. The molecule has 33 heavy (non-hydrogen) atoms. The summed E-state index contributed by atoms with van der Waals surface area (Å²) in [5, 5.41) is 5.52. The monoisotopic (exact) mass is 450 g/mol. The number of benzene rings is 2. The van der Waals surface area contributed by atoms with Gasteiger partial charge in [-0.25, -0.2) is 0 Å². The third-order valence-corrected chi connectivity index (χ3v) is 6.66. The van der Waals surface area contributed by atoms with Crippen LogP contribution in [0.5, 0.6) is 11.5 Å². The first kappa shape index (κ1) is 21.6. The molecule has 0 aromatic heterocycles. The van der Waals surface area contributed by atoms with Crippen molar-refractivity contribution in [3.8, 4) is 11.5 Å². The minimum atomic E-state index is -0.692. The summed E-state index contributed by atoms with van der Waals surface area (Å²) in [6.45, 7) is 4.38. The third kappa shape index (κ3) is 4.61. The Balaban J connectivity index is 1.24. The number of amides is 2. The molecule has 1 saturated heterocycles. The van der Waals surface area contributed by atoms with E-state index in [0.29, 0.717) is 36.9 Å². The lowest BCUT2D eigenvalue weighted by atomic mass is 10.0. The van der Waals surface area contributed by atoms with E-state index in [1.165, 1.54) is 16.8 Å². The van der Waals surface area contributed by atoms with Crippen LogP contribution in [0.15, 0.2) is 36.4 Å². The summed E-state index contributed by atoms with van der Waals surface area (Å²) >= 11 is 0. The van der Waals surface area contributed by atoms with Gasteiger partial charge < -0.3 is 25.0 Å². The molecule has 5 rings (SSSR count). The molecule has 8 heteroatoms. The summed E-state index contributed by atoms with van der Waals surface area (Å²) in [5.74, 6) is -0.133. The zero-order valence-corrected chi connectivity index (χ0v) is 18.9. The standard InChI is InChI=1S/C25H30N4O4/c1-28-11-8-18-14-17(4-6-20(18)28)21(29-9-2-3-10-29)16-26-24(30)25(31)27-19-5-7-22-23(15-19)33-13-12-32-22/h4-7,14-15,21H,2-3,8-13,16H2,1H3,(H,26,30)(H,27,31)/t21-/m0/s1. The van der Waals surface area contributed by atoms with E-state index in [-0.39, 0.29) is 6.04 Å². The summed E-state index contributed by atoms with van der Waals surface area (Å²) in [7, 11) is 2.12. The Hall–Kier alpha value is -3.26. The summed E-state index contributed by atoms with van der Waals surface area (Å²) < 4.78 is 11.0. The van der Waals surface area contributed by atoms with Crippen LogP contribution < -0.4 is 25.0 Å². The minimum Gasteiger partial charge on any atom is -0.486 e. The highest BCUT2D eigenvalue weighted by atomic mass is 16.6. The maximum absolute atomic E-state index is 12.6. The van der Waals surface area contributed by atoms with Gasteiger partial charge in [-0.3, -0.25) is 14.5 Å². The highest BCUT2D eigenvalue weighted by Crippen LogP contribution is 2.33. The number of likely N-dealkylation sites (tertiary alicyclic amines) is 1. The number of carbonyl (C=O) groups is 2. The molecule has 0 unspecified atom stereocenters. The van der Waals surface area contributed by atoms with E-state index in [9.17, 15) is 9.59 Å². The average molecular weight is 451 g/mol. The number of carbonyl (C=O) groups excluding carboxylic acids is 2. The molecule has 0 spiro atoms. The molecule has 3 aliphatic rings. The molecule has 1 fully saturated rings. The normalized spacial score (nSPS) is 18.0. The first-order valence-electron chi connectivity index (χ1n) is 11.7. The first-order chi connectivity index (χ1) is 16.1. The van der Waals surface area contributed by atoms with Gasteiger partial charge in [-0.05, 0) is 61.7 Å². The smallest absolute Gasteiger partial charge is 0.313 e. The van der Waals surface area contributed by atoms with E-state index in [2.05, 4.69) is 45.7 Å². The predicted molar refractivity (Wildman–Crippen MR) is 126 cm³/mol.